The van der Waals surface area contributed by atoms with Crippen LogP contribution in [0.25, 0.3) is 28.2 Å². The summed E-state index contributed by atoms with van der Waals surface area (Å²) in [6.07, 6.45) is 9.67. The minimum Gasteiger partial charge on any atom is -0.465 e. The highest BCUT2D eigenvalue weighted by atomic mass is 32.2. The van der Waals surface area contributed by atoms with E-state index in [-0.39, 0.29) is 11.9 Å². The number of aromatic nitrogens is 1. The van der Waals surface area contributed by atoms with Gasteiger partial charge in [0.25, 0.3) is 5.91 Å². The molecule has 2 aliphatic heterocycles. The van der Waals surface area contributed by atoms with Gasteiger partial charge in [0.1, 0.15) is 0 Å². The molecule has 210 valence electrons. The second kappa shape index (κ2) is 10.6. The predicted molar refractivity (Wildman–Crippen MR) is 162 cm³/mol. The Morgan fingerprint density at radius 3 is 2.42 bits per heavy atom. The molecule has 1 aliphatic carbocycles. The molecule has 0 spiro atoms. The van der Waals surface area contributed by atoms with Gasteiger partial charge in [-0.1, -0.05) is 49.6 Å². The predicted octanol–water partition coefficient (Wildman–Crippen LogP) is 4.95. The molecule has 3 aliphatic rings. The number of amides is 1. The first-order chi connectivity index (χ1) is 19.3. The number of methoxy groups -OCH3 is 1. The Hall–Kier alpha value is -3.36. The molecule has 0 radical (unpaired) electrons. The van der Waals surface area contributed by atoms with E-state index >= 15 is 0 Å². The van der Waals surface area contributed by atoms with Crippen molar-refractivity contribution in [2.24, 2.45) is 0 Å². The fraction of sp³-hybridized carbons (Fsp3) is 0.406. The average Bonchev–Trinajstić information content (AvgIpc) is 3.18. The van der Waals surface area contributed by atoms with Gasteiger partial charge in [0.15, 0.2) is 0 Å². The molecule has 3 heterocycles. The van der Waals surface area contributed by atoms with Gasteiger partial charge in [-0.2, -0.15) is 0 Å². The van der Waals surface area contributed by atoms with Gasteiger partial charge in [-0.15, -0.1) is 0 Å². The molecule has 2 fully saturated rings. The molecule has 0 N–H and O–H groups in total. The van der Waals surface area contributed by atoms with Crippen molar-refractivity contribution in [1.82, 2.24) is 13.8 Å². The maximum atomic E-state index is 14.0. The van der Waals surface area contributed by atoms with E-state index in [1.165, 1.54) is 31.9 Å². The standard InChI is InChI=1S/C32H37N3O4S/c1-39-32(37)24-13-14-27-28(20-24)35-21-25(31(36)33-15-17-34(18-16-33)40(2,3)38)19-23-11-7-8-12-26(23)30(35)29(27)22-9-5-4-6-10-22/h7-8,11-14,19-20,22H,2,4-6,9-10,15-18,21H2,1,3H3. The van der Waals surface area contributed by atoms with Crippen LogP contribution in [-0.2, 0) is 25.8 Å². The molecule has 8 heteroatoms. The van der Waals surface area contributed by atoms with Crippen molar-refractivity contribution in [3.05, 3.63) is 64.7 Å². The highest BCUT2D eigenvalue weighted by Gasteiger charge is 2.32. The van der Waals surface area contributed by atoms with E-state index in [2.05, 4.69) is 34.7 Å². The van der Waals surface area contributed by atoms with Crippen LogP contribution in [0, 0.1) is 0 Å². The lowest BCUT2D eigenvalue weighted by Crippen LogP contribution is -2.50. The third kappa shape index (κ3) is 4.77. The number of hydrogen-bond acceptors (Lipinski definition) is 4. The second-order valence-electron chi connectivity index (χ2n) is 11.3. The molecule has 7 nitrogen and oxygen atoms in total. The number of rotatable bonds is 4. The van der Waals surface area contributed by atoms with Gasteiger partial charge in [-0.3, -0.25) is 9.00 Å². The van der Waals surface area contributed by atoms with Crippen LogP contribution >= 0.6 is 0 Å². The van der Waals surface area contributed by atoms with Crippen LogP contribution in [0.5, 0.6) is 0 Å². The van der Waals surface area contributed by atoms with E-state index in [9.17, 15) is 13.8 Å². The highest BCUT2D eigenvalue weighted by molar-refractivity contribution is 7.97. The van der Waals surface area contributed by atoms with Gasteiger partial charge >= 0.3 is 5.97 Å². The van der Waals surface area contributed by atoms with Crippen LogP contribution in [0.1, 0.15) is 59.5 Å². The van der Waals surface area contributed by atoms with Gasteiger partial charge in [-0.25, -0.2) is 9.10 Å². The number of piperazine rings is 1. The number of hydrogen-bond donors (Lipinski definition) is 0. The third-order valence-corrected chi connectivity index (χ3v) is 10.2. The van der Waals surface area contributed by atoms with E-state index in [0.717, 1.165) is 40.6 Å². The van der Waals surface area contributed by atoms with E-state index < -0.39 is 9.71 Å². The Morgan fingerprint density at radius 2 is 1.73 bits per heavy atom. The van der Waals surface area contributed by atoms with E-state index in [1.807, 2.05) is 33.5 Å². The Kier molecular flexibility index (Phi) is 7.09. The summed E-state index contributed by atoms with van der Waals surface area (Å²) in [7, 11) is -0.890. The Morgan fingerprint density at radius 1 is 1.00 bits per heavy atom. The Balaban J connectivity index is 1.49. The minimum atomic E-state index is -2.29. The summed E-state index contributed by atoms with van der Waals surface area (Å²) < 4.78 is 21.6. The van der Waals surface area contributed by atoms with Crippen molar-refractivity contribution in [2.45, 2.75) is 44.6 Å². The summed E-state index contributed by atoms with van der Waals surface area (Å²) in [6.45, 7) is 2.52. The van der Waals surface area contributed by atoms with E-state index in [1.54, 1.807) is 6.26 Å². The van der Waals surface area contributed by atoms with Crippen LogP contribution in [0.15, 0.2) is 48.0 Å². The lowest BCUT2D eigenvalue weighted by molar-refractivity contribution is -0.128. The van der Waals surface area contributed by atoms with Gasteiger partial charge < -0.3 is 14.2 Å². The fourth-order valence-corrected chi connectivity index (χ4v) is 7.67. The summed E-state index contributed by atoms with van der Waals surface area (Å²) in [5, 5.41) is 1.15. The highest BCUT2D eigenvalue weighted by Crippen LogP contribution is 2.46. The van der Waals surface area contributed by atoms with E-state index in [0.29, 0.717) is 49.8 Å². The summed E-state index contributed by atoms with van der Waals surface area (Å²) >= 11 is 0. The molecule has 1 atom stereocenters. The number of nitrogens with zero attached hydrogens (tertiary/aromatic N) is 3. The largest absolute Gasteiger partial charge is 0.465 e. The van der Waals surface area contributed by atoms with Crippen molar-refractivity contribution >= 4 is 44.4 Å². The molecule has 0 bridgehead atoms. The number of ether oxygens (including phenoxy) is 1. The summed E-state index contributed by atoms with van der Waals surface area (Å²) in [5.74, 6) is 3.88. The Bertz CT molecular complexity index is 1620. The van der Waals surface area contributed by atoms with Crippen molar-refractivity contribution in [3.63, 3.8) is 0 Å². The third-order valence-electron chi connectivity index (χ3n) is 8.76. The Labute approximate surface area is 236 Å². The zero-order valence-electron chi connectivity index (χ0n) is 23.4. The summed E-state index contributed by atoms with van der Waals surface area (Å²) in [4.78, 5) is 28.4. The van der Waals surface area contributed by atoms with Crippen LogP contribution in [0.2, 0.25) is 0 Å². The SMILES string of the molecule is C=S(C)(=O)N1CCN(C(=O)C2=Cc3ccccc3-c3c(C4CCCCC4)c4ccc(C(=O)OC)cc4n3C2)CC1. The number of carbonyl (C=O) groups excluding carboxylic acids is 2. The molecule has 1 unspecified atom stereocenters. The maximum absolute atomic E-state index is 14.0. The average molecular weight is 560 g/mol. The first kappa shape index (κ1) is 26.8. The number of carbonyl (C=O) groups is 2. The molecule has 1 saturated heterocycles. The number of benzene rings is 2. The van der Waals surface area contributed by atoms with Crippen LogP contribution in [-0.4, -0.2) is 75.3 Å². The zero-order valence-corrected chi connectivity index (χ0v) is 24.2. The van der Waals surface area contributed by atoms with Crippen molar-refractivity contribution in [3.8, 4) is 11.3 Å². The van der Waals surface area contributed by atoms with Crippen molar-refractivity contribution < 1.29 is 18.5 Å². The lowest BCUT2D eigenvalue weighted by atomic mass is 9.81. The quantitative estimate of drug-likeness (QED) is 0.335. The molecule has 2 aromatic carbocycles. The normalized spacial score (nSPS) is 19.8. The zero-order chi connectivity index (χ0) is 28.0. The van der Waals surface area contributed by atoms with Crippen molar-refractivity contribution in [2.75, 3.05) is 39.5 Å². The molecule has 40 heavy (non-hydrogen) atoms. The van der Waals surface area contributed by atoms with Crippen LogP contribution in [0.3, 0.4) is 0 Å². The van der Waals surface area contributed by atoms with Crippen LogP contribution < -0.4 is 0 Å². The van der Waals surface area contributed by atoms with Crippen molar-refractivity contribution in [1.29, 1.82) is 0 Å². The number of fused-ring (bicyclic) bond motifs is 5. The molecule has 6 rings (SSSR count). The van der Waals surface area contributed by atoms with Gasteiger partial charge in [0.2, 0.25) is 0 Å². The molecular formula is C32H37N3O4S. The molecular weight excluding hydrogens is 522 g/mol. The summed E-state index contributed by atoms with van der Waals surface area (Å²) in [5.41, 5.74) is 6.82. The summed E-state index contributed by atoms with van der Waals surface area (Å²) in [6, 6.07) is 14.2. The first-order valence-corrected chi connectivity index (χ1v) is 16.3. The number of esters is 1. The van der Waals surface area contributed by atoms with Gasteiger partial charge in [-0.05, 0) is 54.0 Å². The molecule has 1 aromatic heterocycles. The molecule has 3 aromatic rings. The topological polar surface area (TPSA) is 71.8 Å². The molecule has 1 amide bonds. The monoisotopic (exact) mass is 559 g/mol. The van der Waals surface area contributed by atoms with Gasteiger partial charge in [0.05, 0.1) is 24.9 Å². The fourth-order valence-electron chi connectivity index (χ4n) is 6.73. The van der Waals surface area contributed by atoms with Gasteiger partial charge in [0, 0.05) is 64.2 Å². The van der Waals surface area contributed by atoms with Crippen LogP contribution in [0.4, 0.5) is 0 Å². The molecule has 1 saturated carbocycles. The smallest absolute Gasteiger partial charge is 0.337 e. The second-order valence-corrected chi connectivity index (χ2v) is 13.8. The lowest BCUT2D eigenvalue weighted by Gasteiger charge is -2.35. The minimum absolute atomic E-state index is 0.000781. The maximum Gasteiger partial charge on any atom is 0.337 e. The first-order valence-electron chi connectivity index (χ1n) is 14.2. The van der Waals surface area contributed by atoms with E-state index in [4.69, 9.17) is 4.74 Å².